The van der Waals surface area contributed by atoms with Gasteiger partial charge in [-0.2, -0.15) is 0 Å². The fraction of sp³-hybridized carbons (Fsp3) is 0.364. The maximum Gasteiger partial charge on any atom is 0.254 e. The van der Waals surface area contributed by atoms with Crippen molar-refractivity contribution in [3.05, 3.63) is 58.1 Å². The van der Waals surface area contributed by atoms with Gasteiger partial charge in [0, 0.05) is 29.2 Å². The SMILES string of the molecule is COc1ccc(CCNC(=O)C2CCCN2C(=O)c2ccc(Br)cc2)c(OC)c1. The number of rotatable bonds is 7. The molecule has 1 aliphatic heterocycles. The predicted molar refractivity (Wildman–Crippen MR) is 114 cm³/mol. The number of hydrogen-bond acceptors (Lipinski definition) is 4. The van der Waals surface area contributed by atoms with Crippen LogP contribution in [-0.4, -0.2) is 50.1 Å². The number of likely N-dealkylation sites (tertiary alicyclic amines) is 1. The summed E-state index contributed by atoms with van der Waals surface area (Å²) in [4.78, 5) is 27.2. The van der Waals surface area contributed by atoms with Crippen LogP contribution >= 0.6 is 15.9 Å². The monoisotopic (exact) mass is 460 g/mol. The molecule has 7 heteroatoms. The molecule has 0 bridgehead atoms. The minimum absolute atomic E-state index is 0.105. The van der Waals surface area contributed by atoms with E-state index in [-0.39, 0.29) is 11.8 Å². The Morgan fingerprint density at radius 1 is 1.14 bits per heavy atom. The summed E-state index contributed by atoms with van der Waals surface area (Å²) in [7, 11) is 3.22. The predicted octanol–water partition coefficient (Wildman–Crippen LogP) is 3.43. The molecular weight excluding hydrogens is 436 g/mol. The Labute approximate surface area is 179 Å². The van der Waals surface area contributed by atoms with Gasteiger partial charge < -0.3 is 19.7 Å². The number of carbonyl (C=O) groups is 2. The van der Waals surface area contributed by atoms with Crippen molar-refractivity contribution in [1.29, 1.82) is 0 Å². The highest BCUT2D eigenvalue weighted by atomic mass is 79.9. The Balaban J connectivity index is 1.58. The number of carbonyl (C=O) groups excluding carboxylic acids is 2. The van der Waals surface area contributed by atoms with E-state index in [1.54, 1.807) is 31.3 Å². The maximum absolute atomic E-state index is 12.8. The summed E-state index contributed by atoms with van der Waals surface area (Å²) in [6.07, 6.45) is 2.14. The Kier molecular flexibility index (Phi) is 7.14. The van der Waals surface area contributed by atoms with E-state index in [4.69, 9.17) is 9.47 Å². The minimum atomic E-state index is -0.427. The molecule has 1 unspecified atom stereocenters. The van der Waals surface area contributed by atoms with Crippen LogP contribution in [0, 0.1) is 0 Å². The van der Waals surface area contributed by atoms with Gasteiger partial charge >= 0.3 is 0 Å². The molecule has 6 nitrogen and oxygen atoms in total. The Morgan fingerprint density at radius 2 is 1.90 bits per heavy atom. The first kappa shape index (κ1) is 21.2. The lowest BCUT2D eigenvalue weighted by Gasteiger charge is -2.24. The number of halogens is 1. The van der Waals surface area contributed by atoms with E-state index < -0.39 is 6.04 Å². The van der Waals surface area contributed by atoms with Crippen LogP contribution in [0.25, 0.3) is 0 Å². The van der Waals surface area contributed by atoms with Gasteiger partial charge in [0.15, 0.2) is 0 Å². The molecule has 1 N–H and O–H groups in total. The van der Waals surface area contributed by atoms with Crippen molar-refractivity contribution in [3.8, 4) is 11.5 Å². The lowest BCUT2D eigenvalue weighted by atomic mass is 10.1. The van der Waals surface area contributed by atoms with Crippen molar-refractivity contribution in [2.24, 2.45) is 0 Å². The van der Waals surface area contributed by atoms with Crippen LogP contribution in [0.2, 0.25) is 0 Å². The molecular formula is C22H25BrN2O4. The first-order chi connectivity index (χ1) is 14.0. The summed E-state index contributed by atoms with van der Waals surface area (Å²) in [5.74, 6) is 1.24. The normalized spacial score (nSPS) is 15.8. The fourth-order valence-electron chi connectivity index (χ4n) is 3.54. The average molecular weight is 461 g/mol. The van der Waals surface area contributed by atoms with E-state index in [0.29, 0.717) is 31.5 Å². The Bertz CT molecular complexity index is 870. The molecule has 0 aromatic heterocycles. The highest BCUT2D eigenvalue weighted by molar-refractivity contribution is 9.10. The quantitative estimate of drug-likeness (QED) is 0.686. The number of methoxy groups -OCH3 is 2. The Hall–Kier alpha value is -2.54. The van der Waals surface area contributed by atoms with Gasteiger partial charge in [-0.1, -0.05) is 22.0 Å². The molecule has 1 aliphatic rings. The summed E-state index contributed by atoms with van der Waals surface area (Å²) in [6, 6.07) is 12.4. The highest BCUT2D eigenvalue weighted by Crippen LogP contribution is 2.25. The van der Waals surface area contributed by atoms with Gasteiger partial charge in [-0.3, -0.25) is 9.59 Å². The zero-order valence-electron chi connectivity index (χ0n) is 16.6. The summed E-state index contributed by atoms with van der Waals surface area (Å²) in [5.41, 5.74) is 1.58. The molecule has 2 amide bonds. The molecule has 0 radical (unpaired) electrons. The van der Waals surface area contributed by atoms with Crippen molar-refractivity contribution in [2.75, 3.05) is 27.3 Å². The number of nitrogens with zero attached hydrogens (tertiary/aromatic N) is 1. The molecule has 1 saturated heterocycles. The van der Waals surface area contributed by atoms with Crippen molar-refractivity contribution >= 4 is 27.7 Å². The van der Waals surface area contributed by atoms with Crippen LogP contribution in [0.1, 0.15) is 28.8 Å². The van der Waals surface area contributed by atoms with E-state index in [9.17, 15) is 9.59 Å². The number of amides is 2. The molecule has 0 aliphatic carbocycles. The Morgan fingerprint density at radius 3 is 2.59 bits per heavy atom. The van der Waals surface area contributed by atoms with Crippen molar-refractivity contribution in [1.82, 2.24) is 10.2 Å². The van der Waals surface area contributed by atoms with Crippen LogP contribution in [0.3, 0.4) is 0 Å². The van der Waals surface area contributed by atoms with Crippen LogP contribution < -0.4 is 14.8 Å². The molecule has 1 fully saturated rings. The van der Waals surface area contributed by atoms with Crippen molar-refractivity contribution in [3.63, 3.8) is 0 Å². The lowest BCUT2D eigenvalue weighted by Crippen LogP contribution is -2.46. The zero-order chi connectivity index (χ0) is 20.8. The smallest absolute Gasteiger partial charge is 0.254 e. The summed E-state index contributed by atoms with van der Waals surface area (Å²) >= 11 is 3.37. The molecule has 2 aromatic carbocycles. The second-order valence-corrected chi connectivity index (χ2v) is 7.80. The molecule has 2 aromatic rings. The van der Waals surface area contributed by atoms with Crippen molar-refractivity contribution in [2.45, 2.75) is 25.3 Å². The summed E-state index contributed by atoms with van der Waals surface area (Å²) < 4.78 is 11.5. The number of nitrogens with one attached hydrogen (secondary N) is 1. The van der Waals surface area contributed by atoms with E-state index in [1.165, 1.54) is 0 Å². The molecule has 3 rings (SSSR count). The number of hydrogen-bond donors (Lipinski definition) is 1. The standard InChI is InChI=1S/C22H25BrN2O4/c1-28-18-10-7-15(20(14-18)29-2)11-12-24-21(26)19-4-3-13-25(19)22(27)16-5-8-17(23)9-6-16/h5-10,14,19H,3-4,11-13H2,1-2H3,(H,24,26). The van der Waals surface area contributed by atoms with E-state index in [1.807, 2.05) is 30.3 Å². The van der Waals surface area contributed by atoms with Gasteiger partial charge in [-0.05, 0) is 55.2 Å². The van der Waals surface area contributed by atoms with Crippen LogP contribution in [0.4, 0.5) is 0 Å². The van der Waals surface area contributed by atoms with Crippen LogP contribution in [-0.2, 0) is 11.2 Å². The molecule has 154 valence electrons. The van der Waals surface area contributed by atoms with Gasteiger partial charge in [-0.25, -0.2) is 0 Å². The van der Waals surface area contributed by atoms with Gasteiger partial charge in [0.25, 0.3) is 5.91 Å². The van der Waals surface area contributed by atoms with Crippen molar-refractivity contribution < 1.29 is 19.1 Å². The van der Waals surface area contributed by atoms with Crippen LogP contribution in [0.5, 0.6) is 11.5 Å². The summed E-state index contributed by atoms with van der Waals surface area (Å²) in [6.45, 7) is 1.07. The summed E-state index contributed by atoms with van der Waals surface area (Å²) in [5, 5.41) is 2.97. The first-order valence-corrected chi connectivity index (χ1v) is 10.4. The van der Waals surface area contributed by atoms with Crippen LogP contribution in [0.15, 0.2) is 46.9 Å². The van der Waals surface area contributed by atoms with Gasteiger partial charge in [-0.15, -0.1) is 0 Å². The van der Waals surface area contributed by atoms with E-state index >= 15 is 0 Å². The maximum atomic E-state index is 12.8. The number of benzene rings is 2. The topological polar surface area (TPSA) is 67.9 Å². The molecule has 1 heterocycles. The molecule has 29 heavy (non-hydrogen) atoms. The lowest BCUT2D eigenvalue weighted by molar-refractivity contribution is -0.124. The third-order valence-corrected chi connectivity index (χ3v) is 5.62. The molecule has 0 saturated carbocycles. The third kappa shape index (κ3) is 5.09. The fourth-order valence-corrected chi connectivity index (χ4v) is 3.80. The van der Waals surface area contributed by atoms with E-state index in [2.05, 4.69) is 21.2 Å². The average Bonchev–Trinajstić information content (AvgIpc) is 3.24. The third-order valence-electron chi connectivity index (χ3n) is 5.10. The minimum Gasteiger partial charge on any atom is -0.497 e. The highest BCUT2D eigenvalue weighted by Gasteiger charge is 2.34. The largest absolute Gasteiger partial charge is 0.497 e. The second-order valence-electron chi connectivity index (χ2n) is 6.88. The van der Waals surface area contributed by atoms with Gasteiger partial charge in [0.1, 0.15) is 17.5 Å². The van der Waals surface area contributed by atoms with E-state index in [0.717, 1.165) is 28.0 Å². The van der Waals surface area contributed by atoms with Gasteiger partial charge in [0.05, 0.1) is 14.2 Å². The molecule has 0 spiro atoms. The molecule has 1 atom stereocenters. The first-order valence-electron chi connectivity index (χ1n) is 9.58. The second kappa shape index (κ2) is 9.78. The zero-order valence-corrected chi connectivity index (χ0v) is 18.2. The number of ether oxygens (including phenoxy) is 2. The van der Waals surface area contributed by atoms with Gasteiger partial charge in [0.2, 0.25) is 5.91 Å².